The van der Waals surface area contributed by atoms with Crippen molar-refractivity contribution in [3.05, 3.63) is 53.6 Å². The Morgan fingerprint density at radius 2 is 1.96 bits per heavy atom. The molecule has 3 rings (SSSR count). The molecule has 0 unspecified atom stereocenters. The van der Waals surface area contributed by atoms with Crippen LogP contribution in [-0.4, -0.2) is 33.3 Å². The highest BCUT2D eigenvalue weighted by atomic mass is 32.2. The van der Waals surface area contributed by atoms with E-state index in [2.05, 4.69) is 10.0 Å². The summed E-state index contributed by atoms with van der Waals surface area (Å²) in [6.45, 7) is 4.37. The Bertz CT molecular complexity index is 1020. The van der Waals surface area contributed by atoms with E-state index in [1.807, 2.05) is 6.07 Å². The third-order valence-electron chi connectivity index (χ3n) is 4.59. The van der Waals surface area contributed by atoms with Gasteiger partial charge in [-0.3, -0.25) is 9.59 Å². The number of benzene rings is 2. The molecule has 8 heteroatoms. The molecule has 2 aromatic carbocycles. The van der Waals surface area contributed by atoms with Crippen LogP contribution in [0.2, 0.25) is 0 Å². The van der Waals surface area contributed by atoms with Crippen LogP contribution in [0.5, 0.6) is 0 Å². The molecule has 0 aliphatic carbocycles. The van der Waals surface area contributed by atoms with Crippen molar-refractivity contribution >= 4 is 33.2 Å². The largest absolute Gasteiger partial charge is 0.322 e. The molecule has 1 aliphatic heterocycles. The van der Waals surface area contributed by atoms with Crippen molar-refractivity contribution in [2.24, 2.45) is 0 Å². The van der Waals surface area contributed by atoms with Crippen LogP contribution in [0.25, 0.3) is 0 Å². The van der Waals surface area contributed by atoms with Gasteiger partial charge in [-0.15, -0.1) is 0 Å². The summed E-state index contributed by atoms with van der Waals surface area (Å²) in [6, 6.07) is 11.5. The van der Waals surface area contributed by atoms with Crippen molar-refractivity contribution < 1.29 is 18.0 Å². The molecule has 28 heavy (non-hydrogen) atoms. The monoisotopic (exact) mass is 401 g/mol. The van der Waals surface area contributed by atoms with Gasteiger partial charge in [0.05, 0.1) is 4.90 Å². The zero-order valence-electron chi connectivity index (χ0n) is 15.9. The Hall–Kier alpha value is -2.71. The zero-order valence-corrected chi connectivity index (χ0v) is 16.7. The van der Waals surface area contributed by atoms with Crippen molar-refractivity contribution in [1.82, 2.24) is 4.72 Å². The molecule has 0 atom stereocenters. The van der Waals surface area contributed by atoms with Crippen molar-refractivity contribution in [3.63, 3.8) is 0 Å². The third kappa shape index (κ3) is 4.23. The molecule has 7 nitrogen and oxygen atoms in total. The molecule has 2 amide bonds. The first-order chi connectivity index (χ1) is 13.3. The van der Waals surface area contributed by atoms with Gasteiger partial charge in [0, 0.05) is 36.4 Å². The summed E-state index contributed by atoms with van der Waals surface area (Å²) < 4.78 is 26.9. The quantitative estimate of drug-likeness (QED) is 0.778. The predicted molar refractivity (Wildman–Crippen MR) is 108 cm³/mol. The second kappa shape index (κ2) is 8.12. The Morgan fingerprint density at radius 3 is 2.64 bits per heavy atom. The maximum absolute atomic E-state index is 12.8. The minimum Gasteiger partial charge on any atom is -0.322 e. The Kier molecular flexibility index (Phi) is 5.81. The van der Waals surface area contributed by atoms with E-state index in [1.54, 1.807) is 43.0 Å². The molecule has 0 bridgehead atoms. The zero-order chi connectivity index (χ0) is 20.3. The van der Waals surface area contributed by atoms with Crippen LogP contribution in [0.3, 0.4) is 0 Å². The molecule has 1 fully saturated rings. The Balaban J connectivity index is 1.84. The highest BCUT2D eigenvalue weighted by molar-refractivity contribution is 7.89. The van der Waals surface area contributed by atoms with E-state index in [-0.39, 0.29) is 22.9 Å². The number of aryl methyl sites for hydroxylation is 1. The number of carbonyl (C=O) groups is 2. The number of nitrogens with zero attached hydrogens (tertiary/aromatic N) is 1. The Labute approximate surface area is 164 Å². The highest BCUT2D eigenvalue weighted by Gasteiger charge is 2.22. The average molecular weight is 401 g/mol. The summed E-state index contributed by atoms with van der Waals surface area (Å²) >= 11 is 0. The molecule has 1 saturated heterocycles. The van der Waals surface area contributed by atoms with Crippen molar-refractivity contribution in [2.45, 2.75) is 31.6 Å². The lowest BCUT2D eigenvalue weighted by Gasteiger charge is -2.17. The van der Waals surface area contributed by atoms with E-state index in [1.165, 1.54) is 12.1 Å². The van der Waals surface area contributed by atoms with Gasteiger partial charge in [0.1, 0.15) is 0 Å². The summed E-state index contributed by atoms with van der Waals surface area (Å²) in [4.78, 5) is 26.4. The molecule has 0 radical (unpaired) electrons. The van der Waals surface area contributed by atoms with Crippen LogP contribution in [0.1, 0.15) is 35.7 Å². The highest BCUT2D eigenvalue weighted by Crippen LogP contribution is 2.25. The molecule has 0 aromatic heterocycles. The number of anilines is 2. The van der Waals surface area contributed by atoms with Gasteiger partial charge in [-0.25, -0.2) is 13.1 Å². The van der Waals surface area contributed by atoms with Crippen LogP contribution in [0.4, 0.5) is 11.4 Å². The summed E-state index contributed by atoms with van der Waals surface area (Å²) in [6.07, 6.45) is 1.35. The summed E-state index contributed by atoms with van der Waals surface area (Å²) in [7, 11) is -3.65. The second-order valence-corrected chi connectivity index (χ2v) is 8.40. The van der Waals surface area contributed by atoms with Crippen LogP contribution in [0.15, 0.2) is 47.4 Å². The average Bonchev–Trinajstić information content (AvgIpc) is 3.08. The number of nitrogens with one attached hydrogen (secondary N) is 2. The molecule has 2 N–H and O–H groups in total. The van der Waals surface area contributed by atoms with Crippen molar-refractivity contribution in [3.8, 4) is 0 Å². The van der Waals surface area contributed by atoms with E-state index < -0.39 is 15.9 Å². The van der Waals surface area contributed by atoms with Gasteiger partial charge in [0.15, 0.2) is 0 Å². The first-order valence-electron chi connectivity index (χ1n) is 9.14. The predicted octanol–water partition coefficient (Wildman–Crippen LogP) is 2.67. The smallest absolute Gasteiger partial charge is 0.255 e. The number of hydrogen-bond donors (Lipinski definition) is 2. The molecular weight excluding hydrogens is 378 g/mol. The van der Waals surface area contributed by atoms with E-state index in [0.717, 1.165) is 12.1 Å². The third-order valence-corrected chi connectivity index (χ3v) is 6.13. The van der Waals surface area contributed by atoms with Gasteiger partial charge < -0.3 is 10.2 Å². The number of rotatable bonds is 6. The normalized spacial score (nSPS) is 14.4. The van der Waals surface area contributed by atoms with Gasteiger partial charge in [-0.1, -0.05) is 19.1 Å². The molecular formula is C20H23N3O4S. The Morgan fingerprint density at radius 1 is 1.18 bits per heavy atom. The summed E-state index contributed by atoms with van der Waals surface area (Å²) in [5.41, 5.74) is 2.22. The van der Waals surface area contributed by atoms with Crippen molar-refractivity contribution in [1.29, 1.82) is 0 Å². The number of amides is 2. The van der Waals surface area contributed by atoms with Crippen LogP contribution < -0.4 is 14.9 Å². The fourth-order valence-corrected chi connectivity index (χ4v) is 4.22. The first-order valence-corrected chi connectivity index (χ1v) is 10.6. The lowest BCUT2D eigenvalue weighted by atomic mass is 10.1. The second-order valence-electron chi connectivity index (χ2n) is 6.63. The van der Waals surface area contributed by atoms with Crippen LogP contribution in [0, 0.1) is 6.92 Å². The van der Waals surface area contributed by atoms with Gasteiger partial charge in [-0.05, 0) is 49.2 Å². The fourth-order valence-electron chi connectivity index (χ4n) is 3.16. The molecule has 0 saturated carbocycles. The molecule has 1 heterocycles. The van der Waals surface area contributed by atoms with Gasteiger partial charge >= 0.3 is 0 Å². The van der Waals surface area contributed by atoms with Gasteiger partial charge in [0.2, 0.25) is 15.9 Å². The van der Waals surface area contributed by atoms with E-state index in [9.17, 15) is 18.0 Å². The summed E-state index contributed by atoms with van der Waals surface area (Å²) in [5, 5.41) is 2.80. The molecule has 2 aromatic rings. The van der Waals surface area contributed by atoms with E-state index in [4.69, 9.17) is 0 Å². The van der Waals surface area contributed by atoms with Crippen LogP contribution >= 0.6 is 0 Å². The standard InChI is InChI=1S/C20H23N3O4S/c1-3-21-28(26,27)17-10-9-14(2)18(13-17)20(25)22-15-6-4-7-16(12-15)23-11-5-8-19(23)24/h4,6-7,9-10,12-13,21H,3,5,8,11H2,1-2H3,(H,22,25). The summed E-state index contributed by atoms with van der Waals surface area (Å²) in [5.74, 6) is -0.336. The minimum absolute atomic E-state index is 0.0431. The van der Waals surface area contributed by atoms with E-state index >= 15 is 0 Å². The number of sulfonamides is 1. The lowest BCUT2D eigenvalue weighted by Crippen LogP contribution is -2.24. The van der Waals surface area contributed by atoms with Crippen LogP contribution in [-0.2, 0) is 14.8 Å². The molecule has 1 aliphatic rings. The van der Waals surface area contributed by atoms with Gasteiger partial charge in [0.25, 0.3) is 5.91 Å². The van der Waals surface area contributed by atoms with Crippen molar-refractivity contribution in [2.75, 3.05) is 23.3 Å². The van der Waals surface area contributed by atoms with E-state index in [0.29, 0.717) is 24.2 Å². The number of carbonyl (C=O) groups excluding carboxylic acids is 2. The maximum atomic E-state index is 12.8. The minimum atomic E-state index is -3.65. The van der Waals surface area contributed by atoms with Gasteiger partial charge in [-0.2, -0.15) is 0 Å². The fraction of sp³-hybridized carbons (Fsp3) is 0.300. The maximum Gasteiger partial charge on any atom is 0.255 e. The SMILES string of the molecule is CCNS(=O)(=O)c1ccc(C)c(C(=O)Nc2cccc(N3CCCC3=O)c2)c1. The lowest BCUT2D eigenvalue weighted by molar-refractivity contribution is -0.117. The topological polar surface area (TPSA) is 95.6 Å². The first kappa shape index (κ1) is 20.0. The molecule has 0 spiro atoms. The number of hydrogen-bond acceptors (Lipinski definition) is 4. The molecule has 148 valence electrons.